The Labute approximate surface area is 186 Å². The summed E-state index contributed by atoms with van der Waals surface area (Å²) in [5.74, 6) is -2.08. The standard InChI is InChI=1S/C19H9ClF4N8O/c20-15-13(21)2-1-3-14(15)31-16(19(22,23)24)12(9-29-31)18(33)30-11-6-10(7-25)17(26-8-11)32-27-4-5-28-32/h1-6,8-9H,(H,30,33). The lowest BCUT2D eigenvalue weighted by Gasteiger charge is -2.14. The maximum absolute atomic E-state index is 13.8. The molecule has 0 fully saturated rings. The van der Waals surface area contributed by atoms with Crippen LogP contribution in [0.25, 0.3) is 11.5 Å². The molecular weight excluding hydrogens is 468 g/mol. The fraction of sp³-hybridized carbons (Fsp3) is 0.0526. The molecule has 0 bridgehead atoms. The van der Waals surface area contributed by atoms with Gasteiger partial charge in [0.25, 0.3) is 5.91 Å². The lowest BCUT2D eigenvalue weighted by Crippen LogP contribution is -2.21. The van der Waals surface area contributed by atoms with Gasteiger partial charge in [0.1, 0.15) is 22.5 Å². The van der Waals surface area contributed by atoms with Crippen LogP contribution in [0.1, 0.15) is 21.6 Å². The topological polar surface area (TPSA) is 114 Å². The van der Waals surface area contributed by atoms with Gasteiger partial charge < -0.3 is 5.32 Å². The second-order valence-corrected chi connectivity index (χ2v) is 6.75. The predicted molar refractivity (Wildman–Crippen MR) is 105 cm³/mol. The number of amides is 1. The summed E-state index contributed by atoms with van der Waals surface area (Å²) in [5, 5.41) is 22.3. The molecule has 0 aliphatic rings. The zero-order valence-electron chi connectivity index (χ0n) is 16.0. The zero-order chi connectivity index (χ0) is 23.8. The molecule has 166 valence electrons. The van der Waals surface area contributed by atoms with Crippen molar-refractivity contribution < 1.29 is 22.4 Å². The van der Waals surface area contributed by atoms with Crippen molar-refractivity contribution in [3.05, 3.63) is 76.7 Å². The van der Waals surface area contributed by atoms with E-state index in [9.17, 15) is 27.6 Å². The van der Waals surface area contributed by atoms with Crippen molar-refractivity contribution in [3.8, 4) is 17.6 Å². The average molecular weight is 477 g/mol. The quantitative estimate of drug-likeness (QED) is 0.448. The smallest absolute Gasteiger partial charge is 0.320 e. The minimum Gasteiger partial charge on any atom is -0.320 e. The molecule has 0 aliphatic heterocycles. The van der Waals surface area contributed by atoms with E-state index in [-0.39, 0.29) is 17.1 Å². The van der Waals surface area contributed by atoms with E-state index in [0.29, 0.717) is 10.9 Å². The molecule has 4 aromatic rings. The molecule has 1 amide bonds. The molecule has 0 aliphatic carbocycles. The molecule has 0 radical (unpaired) electrons. The number of halogens is 5. The minimum atomic E-state index is -5.04. The Bertz CT molecular complexity index is 1390. The number of carbonyl (C=O) groups is 1. The Morgan fingerprint density at radius 3 is 2.55 bits per heavy atom. The van der Waals surface area contributed by atoms with Gasteiger partial charge in [-0.3, -0.25) is 4.79 Å². The summed E-state index contributed by atoms with van der Waals surface area (Å²) in [7, 11) is 0. The summed E-state index contributed by atoms with van der Waals surface area (Å²) < 4.78 is 55.6. The third kappa shape index (κ3) is 4.11. The summed E-state index contributed by atoms with van der Waals surface area (Å²) in [4.78, 5) is 17.7. The van der Waals surface area contributed by atoms with Gasteiger partial charge in [0, 0.05) is 0 Å². The first-order valence-electron chi connectivity index (χ1n) is 8.88. The number of hydrogen-bond acceptors (Lipinski definition) is 6. The molecule has 1 N–H and O–H groups in total. The molecule has 1 aromatic carbocycles. The Hall–Kier alpha value is -4.31. The molecule has 0 spiro atoms. The van der Waals surface area contributed by atoms with E-state index < -0.39 is 39.9 Å². The van der Waals surface area contributed by atoms with Crippen LogP contribution < -0.4 is 5.32 Å². The number of nitrogens with zero attached hydrogens (tertiary/aromatic N) is 7. The molecule has 3 aromatic heterocycles. The van der Waals surface area contributed by atoms with E-state index in [2.05, 4.69) is 25.6 Å². The van der Waals surface area contributed by atoms with Gasteiger partial charge in [0.15, 0.2) is 11.5 Å². The number of aromatic nitrogens is 6. The van der Waals surface area contributed by atoms with Gasteiger partial charge in [0.2, 0.25) is 0 Å². The number of pyridine rings is 1. The number of anilines is 1. The zero-order valence-corrected chi connectivity index (χ0v) is 16.8. The molecule has 0 atom stereocenters. The van der Waals surface area contributed by atoms with E-state index in [0.717, 1.165) is 29.2 Å². The van der Waals surface area contributed by atoms with Gasteiger partial charge >= 0.3 is 6.18 Å². The molecule has 33 heavy (non-hydrogen) atoms. The average Bonchev–Trinajstić information content (AvgIpc) is 3.45. The normalized spacial score (nSPS) is 11.3. The Morgan fingerprint density at radius 1 is 1.15 bits per heavy atom. The first kappa shape index (κ1) is 21.9. The second-order valence-electron chi connectivity index (χ2n) is 6.37. The van der Waals surface area contributed by atoms with Crippen molar-refractivity contribution in [2.24, 2.45) is 0 Å². The third-order valence-corrected chi connectivity index (χ3v) is 4.67. The number of nitrogens with one attached hydrogen (secondary N) is 1. The van der Waals surface area contributed by atoms with Crippen molar-refractivity contribution in [1.82, 2.24) is 29.8 Å². The van der Waals surface area contributed by atoms with Crippen LogP contribution in [0.4, 0.5) is 23.2 Å². The molecule has 3 heterocycles. The second kappa shape index (κ2) is 8.32. The molecule has 0 saturated carbocycles. The lowest BCUT2D eigenvalue weighted by atomic mass is 10.2. The van der Waals surface area contributed by atoms with Crippen molar-refractivity contribution in [2.45, 2.75) is 6.18 Å². The van der Waals surface area contributed by atoms with Crippen LogP contribution in [-0.4, -0.2) is 35.7 Å². The Kier molecular flexibility index (Phi) is 5.52. The number of nitriles is 1. The fourth-order valence-electron chi connectivity index (χ4n) is 2.92. The molecule has 9 nitrogen and oxygen atoms in total. The highest BCUT2D eigenvalue weighted by Gasteiger charge is 2.41. The Balaban J connectivity index is 1.72. The molecule has 4 rings (SSSR count). The van der Waals surface area contributed by atoms with Crippen molar-refractivity contribution in [2.75, 3.05) is 5.32 Å². The van der Waals surface area contributed by atoms with Crippen molar-refractivity contribution in [3.63, 3.8) is 0 Å². The largest absolute Gasteiger partial charge is 0.434 e. The highest BCUT2D eigenvalue weighted by molar-refractivity contribution is 6.32. The minimum absolute atomic E-state index is 0.0396. The van der Waals surface area contributed by atoms with Crippen molar-refractivity contribution >= 4 is 23.2 Å². The summed E-state index contributed by atoms with van der Waals surface area (Å²) in [6.07, 6.45) is -0.511. The van der Waals surface area contributed by atoms with Gasteiger partial charge in [-0.1, -0.05) is 17.7 Å². The van der Waals surface area contributed by atoms with E-state index in [1.54, 1.807) is 0 Å². The van der Waals surface area contributed by atoms with E-state index >= 15 is 0 Å². The molecule has 14 heteroatoms. The number of hydrogen-bond donors (Lipinski definition) is 1. The highest BCUT2D eigenvalue weighted by atomic mass is 35.5. The van der Waals surface area contributed by atoms with Crippen LogP contribution in [0.5, 0.6) is 0 Å². The van der Waals surface area contributed by atoms with Gasteiger partial charge in [-0.15, -0.1) is 4.80 Å². The monoisotopic (exact) mass is 476 g/mol. The van der Waals surface area contributed by atoms with Crippen LogP contribution in [-0.2, 0) is 6.18 Å². The first-order valence-corrected chi connectivity index (χ1v) is 9.26. The SMILES string of the molecule is N#Cc1cc(NC(=O)c2cnn(-c3cccc(F)c3Cl)c2C(F)(F)F)cnc1-n1nccn1. The van der Waals surface area contributed by atoms with E-state index in [4.69, 9.17) is 11.6 Å². The van der Waals surface area contributed by atoms with Crippen molar-refractivity contribution in [1.29, 1.82) is 5.26 Å². The molecule has 0 unspecified atom stereocenters. The van der Waals surface area contributed by atoms with Crippen LogP contribution in [0, 0.1) is 17.1 Å². The van der Waals surface area contributed by atoms with Gasteiger partial charge in [0.05, 0.1) is 41.7 Å². The van der Waals surface area contributed by atoms with Gasteiger partial charge in [-0.2, -0.15) is 33.7 Å². The molecule has 0 saturated heterocycles. The lowest BCUT2D eigenvalue weighted by molar-refractivity contribution is -0.143. The summed E-state index contributed by atoms with van der Waals surface area (Å²) in [5.41, 5.74) is -2.80. The van der Waals surface area contributed by atoms with Gasteiger partial charge in [-0.25, -0.2) is 14.1 Å². The summed E-state index contributed by atoms with van der Waals surface area (Å²) >= 11 is 5.80. The van der Waals surface area contributed by atoms with E-state index in [1.165, 1.54) is 18.5 Å². The first-order chi connectivity index (χ1) is 15.7. The Morgan fingerprint density at radius 2 is 1.88 bits per heavy atom. The van der Waals surface area contributed by atoms with Crippen LogP contribution in [0.3, 0.4) is 0 Å². The fourth-order valence-corrected chi connectivity index (χ4v) is 3.12. The third-order valence-electron chi connectivity index (χ3n) is 4.29. The summed E-state index contributed by atoms with van der Waals surface area (Å²) in [6.45, 7) is 0. The van der Waals surface area contributed by atoms with Gasteiger partial charge in [-0.05, 0) is 18.2 Å². The summed E-state index contributed by atoms with van der Waals surface area (Å²) in [6, 6.07) is 6.30. The number of benzene rings is 1. The maximum atomic E-state index is 13.8. The van der Waals surface area contributed by atoms with E-state index in [1.807, 2.05) is 6.07 Å². The number of alkyl halides is 3. The predicted octanol–water partition coefficient (Wildman–Crippen LogP) is 3.78. The van der Waals surface area contributed by atoms with Crippen LogP contribution >= 0.6 is 11.6 Å². The van der Waals surface area contributed by atoms with Crippen LogP contribution in [0.15, 0.2) is 49.1 Å². The van der Waals surface area contributed by atoms with Crippen LogP contribution in [0.2, 0.25) is 5.02 Å². The molecular formula is C19H9ClF4N8O. The number of carbonyl (C=O) groups excluding carboxylic acids is 1. The number of rotatable bonds is 4. The maximum Gasteiger partial charge on any atom is 0.434 e. The highest BCUT2D eigenvalue weighted by Crippen LogP contribution is 2.36.